The minimum atomic E-state index is -0.175. The Bertz CT molecular complexity index is 744. The average Bonchev–Trinajstić information content (AvgIpc) is 3.22. The Morgan fingerprint density at radius 2 is 2.11 bits per heavy atom. The molecule has 1 aromatic carbocycles. The fraction of sp³-hybridized carbons (Fsp3) is 0.450. The molecule has 1 unspecified atom stereocenters. The van der Waals surface area contributed by atoms with Crippen molar-refractivity contribution < 1.29 is 9.13 Å². The maximum absolute atomic E-state index is 13.4. The summed E-state index contributed by atoms with van der Waals surface area (Å²) in [6.45, 7) is 6.57. The third-order valence-corrected chi connectivity index (χ3v) is 5.70. The van der Waals surface area contributed by atoms with Crippen LogP contribution >= 0.6 is 11.3 Å². The van der Waals surface area contributed by atoms with E-state index >= 15 is 0 Å². The number of guanidine groups is 1. The molecule has 1 saturated heterocycles. The van der Waals surface area contributed by atoms with Crippen LogP contribution in [0.3, 0.4) is 0 Å². The molecule has 146 valence electrons. The fourth-order valence-corrected chi connectivity index (χ4v) is 4.06. The molecule has 0 amide bonds. The number of morpholine rings is 1. The number of aryl methyl sites for hydroxylation is 1. The fourth-order valence-electron chi connectivity index (χ4n) is 3.20. The van der Waals surface area contributed by atoms with Crippen LogP contribution in [0.1, 0.15) is 22.0 Å². The summed E-state index contributed by atoms with van der Waals surface area (Å²) in [6.07, 6.45) is 0. The lowest BCUT2D eigenvalue weighted by Crippen LogP contribution is -2.46. The van der Waals surface area contributed by atoms with Gasteiger partial charge in [-0.1, -0.05) is 18.2 Å². The van der Waals surface area contributed by atoms with Crippen LogP contribution in [0.5, 0.6) is 0 Å². The summed E-state index contributed by atoms with van der Waals surface area (Å²) in [5.74, 6) is 0.567. The lowest BCUT2D eigenvalue weighted by Gasteiger charge is -2.34. The highest BCUT2D eigenvalue weighted by Gasteiger charge is 2.23. The Morgan fingerprint density at radius 1 is 1.30 bits per heavy atom. The van der Waals surface area contributed by atoms with Gasteiger partial charge in [0.1, 0.15) is 5.82 Å². The number of halogens is 1. The van der Waals surface area contributed by atoms with Crippen molar-refractivity contribution in [3.63, 3.8) is 0 Å². The van der Waals surface area contributed by atoms with Gasteiger partial charge < -0.3 is 15.4 Å². The van der Waals surface area contributed by atoms with Gasteiger partial charge in [0.15, 0.2) is 5.96 Å². The Hall–Kier alpha value is -1.96. The molecule has 1 aromatic heterocycles. The lowest BCUT2D eigenvalue weighted by atomic mass is 10.1. The van der Waals surface area contributed by atoms with Crippen molar-refractivity contribution in [3.05, 3.63) is 57.5 Å². The Labute approximate surface area is 164 Å². The molecule has 0 spiro atoms. The first-order valence-electron chi connectivity index (χ1n) is 9.22. The van der Waals surface area contributed by atoms with Crippen molar-refractivity contribution in [3.8, 4) is 0 Å². The standard InChI is InChI=1S/C20H27FN4OS/c1-15-12-16(5-6-17(15)21)13-23-20(22-2)24-14-18(19-4-3-11-27-19)25-7-9-26-10-8-25/h3-6,11-12,18H,7-10,13-14H2,1-2H3,(H2,22,23,24). The van der Waals surface area contributed by atoms with Crippen LogP contribution in [-0.4, -0.2) is 50.8 Å². The van der Waals surface area contributed by atoms with Crippen molar-refractivity contribution >= 4 is 17.3 Å². The van der Waals surface area contributed by atoms with Gasteiger partial charge in [-0.2, -0.15) is 0 Å². The molecule has 27 heavy (non-hydrogen) atoms. The Kier molecular flexibility index (Phi) is 7.20. The summed E-state index contributed by atoms with van der Waals surface area (Å²) in [5, 5.41) is 8.87. The number of hydrogen-bond donors (Lipinski definition) is 2. The van der Waals surface area contributed by atoms with Gasteiger partial charge in [0.2, 0.25) is 0 Å². The van der Waals surface area contributed by atoms with E-state index in [9.17, 15) is 4.39 Å². The molecule has 5 nitrogen and oxygen atoms in total. The maximum Gasteiger partial charge on any atom is 0.191 e. The third-order valence-electron chi connectivity index (χ3n) is 4.73. The van der Waals surface area contributed by atoms with Gasteiger partial charge >= 0.3 is 0 Å². The van der Waals surface area contributed by atoms with Gasteiger partial charge in [0, 0.05) is 38.1 Å². The minimum Gasteiger partial charge on any atom is -0.379 e. The number of nitrogens with zero attached hydrogens (tertiary/aromatic N) is 2. The van der Waals surface area contributed by atoms with Crippen molar-refractivity contribution in [2.75, 3.05) is 39.9 Å². The van der Waals surface area contributed by atoms with Crippen LogP contribution in [-0.2, 0) is 11.3 Å². The second-order valence-corrected chi connectivity index (χ2v) is 7.55. The second kappa shape index (κ2) is 9.82. The normalized spacial score (nSPS) is 16.9. The zero-order valence-electron chi connectivity index (χ0n) is 15.9. The van der Waals surface area contributed by atoms with Crippen molar-refractivity contribution in [1.29, 1.82) is 0 Å². The van der Waals surface area contributed by atoms with Gasteiger partial charge in [-0.3, -0.25) is 9.89 Å². The zero-order valence-corrected chi connectivity index (χ0v) is 16.7. The van der Waals surface area contributed by atoms with Crippen LogP contribution in [0, 0.1) is 12.7 Å². The van der Waals surface area contributed by atoms with Crippen molar-refractivity contribution in [2.45, 2.75) is 19.5 Å². The molecule has 1 aliphatic heterocycles. The van der Waals surface area contributed by atoms with Gasteiger partial charge in [-0.25, -0.2) is 4.39 Å². The van der Waals surface area contributed by atoms with Crippen molar-refractivity contribution in [1.82, 2.24) is 15.5 Å². The summed E-state index contributed by atoms with van der Waals surface area (Å²) in [6, 6.07) is 9.73. The first kappa shape index (κ1) is 19.8. The number of aliphatic imine (C=N–C) groups is 1. The highest BCUT2D eigenvalue weighted by molar-refractivity contribution is 7.10. The highest BCUT2D eigenvalue weighted by Crippen LogP contribution is 2.25. The maximum atomic E-state index is 13.4. The molecule has 2 aromatic rings. The predicted octanol–water partition coefficient (Wildman–Crippen LogP) is 2.93. The number of nitrogens with one attached hydrogen (secondary N) is 2. The topological polar surface area (TPSA) is 48.9 Å². The number of thiophene rings is 1. The second-order valence-electron chi connectivity index (χ2n) is 6.57. The first-order valence-corrected chi connectivity index (χ1v) is 10.1. The molecular formula is C20H27FN4OS. The van der Waals surface area contributed by atoms with E-state index in [2.05, 4.69) is 38.0 Å². The number of rotatable bonds is 6. The van der Waals surface area contributed by atoms with Crippen LogP contribution < -0.4 is 10.6 Å². The van der Waals surface area contributed by atoms with E-state index < -0.39 is 0 Å². The monoisotopic (exact) mass is 390 g/mol. The van der Waals surface area contributed by atoms with Gasteiger partial charge in [0.05, 0.1) is 19.3 Å². The Morgan fingerprint density at radius 3 is 2.78 bits per heavy atom. The number of benzene rings is 1. The van der Waals surface area contributed by atoms with Crippen LogP contribution in [0.4, 0.5) is 4.39 Å². The van der Waals surface area contributed by atoms with E-state index in [-0.39, 0.29) is 5.82 Å². The highest BCUT2D eigenvalue weighted by atomic mass is 32.1. The van der Waals surface area contributed by atoms with E-state index in [1.54, 1.807) is 31.4 Å². The summed E-state index contributed by atoms with van der Waals surface area (Å²) >= 11 is 1.78. The summed E-state index contributed by atoms with van der Waals surface area (Å²) in [4.78, 5) is 8.12. The van der Waals surface area contributed by atoms with Crippen LogP contribution in [0.2, 0.25) is 0 Å². The molecule has 2 heterocycles. The van der Waals surface area contributed by atoms with E-state index in [1.165, 1.54) is 10.9 Å². The molecule has 1 fully saturated rings. The zero-order chi connectivity index (χ0) is 19.1. The van der Waals surface area contributed by atoms with E-state index in [1.807, 2.05) is 6.07 Å². The summed E-state index contributed by atoms with van der Waals surface area (Å²) in [7, 11) is 1.76. The largest absolute Gasteiger partial charge is 0.379 e. The Balaban J connectivity index is 1.58. The van der Waals surface area contributed by atoms with Crippen LogP contribution in [0.15, 0.2) is 40.7 Å². The first-order chi connectivity index (χ1) is 13.2. The third kappa shape index (κ3) is 5.51. The van der Waals surface area contributed by atoms with E-state index in [4.69, 9.17) is 4.74 Å². The molecule has 0 radical (unpaired) electrons. The molecule has 3 rings (SSSR count). The van der Waals surface area contributed by atoms with Gasteiger partial charge in [0.25, 0.3) is 0 Å². The van der Waals surface area contributed by atoms with E-state index in [0.717, 1.165) is 44.4 Å². The molecule has 0 bridgehead atoms. The molecule has 1 atom stereocenters. The number of ether oxygens (including phenoxy) is 1. The van der Waals surface area contributed by atoms with E-state index in [0.29, 0.717) is 18.2 Å². The quantitative estimate of drug-likeness (QED) is 0.588. The van der Waals surface area contributed by atoms with Crippen molar-refractivity contribution in [2.24, 2.45) is 4.99 Å². The molecule has 0 saturated carbocycles. The molecule has 7 heteroatoms. The number of hydrogen-bond acceptors (Lipinski definition) is 4. The molecule has 2 N–H and O–H groups in total. The summed E-state index contributed by atoms with van der Waals surface area (Å²) in [5.41, 5.74) is 1.68. The van der Waals surface area contributed by atoms with Gasteiger partial charge in [-0.05, 0) is 35.6 Å². The SMILES string of the molecule is CN=C(NCc1ccc(F)c(C)c1)NCC(c1cccs1)N1CCOCC1. The molecule has 1 aliphatic rings. The average molecular weight is 391 g/mol. The van der Waals surface area contributed by atoms with Gasteiger partial charge in [-0.15, -0.1) is 11.3 Å². The molecule has 0 aliphatic carbocycles. The minimum absolute atomic E-state index is 0.175. The lowest BCUT2D eigenvalue weighted by molar-refractivity contribution is 0.0177. The molecular weight excluding hydrogens is 363 g/mol. The smallest absolute Gasteiger partial charge is 0.191 e. The summed E-state index contributed by atoms with van der Waals surface area (Å²) < 4.78 is 18.9. The van der Waals surface area contributed by atoms with Crippen LogP contribution in [0.25, 0.3) is 0 Å². The predicted molar refractivity (Wildman–Crippen MR) is 109 cm³/mol.